The van der Waals surface area contributed by atoms with Crippen LogP contribution in [-0.2, 0) is 16.1 Å². The van der Waals surface area contributed by atoms with E-state index in [2.05, 4.69) is 10.3 Å². The number of aliphatic hydroxyl groups excluding tert-OH is 1. The standard InChI is InChI=1S/C22H21N3O5/c26-20-14-29-13-18(25(20)12-15-7-9-23-10-8-15)21(27)16-3-5-17(6-4-16)24-22(28)19-2-1-11-30-19/h1-11,18,21,27H,12-14H2,(H,24,28). The first kappa shape index (κ1) is 19.8. The molecule has 8 nitrogen and oxygen atoms in total. The van der Waals surface area contributed by atoms with Gasteiger partial charge in [-0.25, -0.2) is 0 Å². The molecule has 1 aliphatic heterocycles. The molecule has 8 heteroatoms. The Hall–Kier alpha value is -3.49. The van der Waals surface area contributed by atoms with Gasteiger partial charge in [0.05, 0.1) is 18.9 Å². The van der Waals surface area contributed by atoms with Crippen molar-refractivity contribution in [3.05, 3.63) is 84.1 Å². The van der Waals surface area contributed by atoms with E-state index < -0.39 is 12.1 Å². The Labute approximate surface area is 173 Å². The minimum atomic E-state index is -0.939. The maximum absolute atomic E-state index is 12.5. The number of carbonyl (C=O) groups excluding carboxylic acids is 2. The minimum absolute atomic E-state index is 0.00788. The van der Waals surface area contributed by atoms with Crippen LogP contribution in [0.15, 0.2) is 71.6 Å². The summed E-state index contributed by atoms with van der Waals surface area (Å²) in [5.41, 5.74) is 2.11. The van der Waals surface area contributed by atoms with Crippen LogP contribution in [0.25, 0.3) is 0 Å². The third kappa shape index (κ3) is 4.40. The number of ether oxygens (including phenoxy) is 1. The lowest BCUT2D eigenvalue weighted by Gasteiger charge is -2.38. The van der Waals surface area contributed by atoms with Gasteiger partial charge in [-0.15, -0.1) is 0 Å². The molecule has 1 aromatic carbocycles. The summed E-state index contributed by atoms with van der Waals surface area (Å²) in [6.45, 7) is 0.588. The molecule has 154 valence electrons. The van der Waals surface area contributed by atoms with E-state index >= 15 is 0 Å². The van der Waals surface area contributed by atoms with Crippen LogP contribution < -0.4 is 5.32 Å². The van der Waals surface area contributed by atoms with Gasteiger partial charge in [0.2, 0.25) is 5.91 Å². The van der Waals surface area contributed by atoms with Crippen molar-refractivity contribution in [1.82, 2.24) is 9.88 Å². The number of amides is 2. The van der Waals surface area contributed by atoms with Crippen molar-refractivity contribution in [3.8, 4) is 0 Å². The van der Waals surface area contributed by atoms with Crippen molar-refractivity contribution < 1.29 is 23.8 Å². The van der Waals surface area contributed by atoms with Gasteiger partial charge in [0.1, 0.15) is 12.7 Å². The molecule has 2 aromatic heterocycles. The number of pyridine rings is 1. The summed E-state index contributed by atoms with van der Waals surface area (Å²) in [7, 11) is 0. The van der Waals surface area contributed by atoms with Crippen LogP contribution in [-0.4, -0.2) is 46.1 Å². The topological polar surface area (TPSA) is 105 Å². The van der Waals surface area contributed by atoms with Crippen LogP contribution in [0.2, 0.25) is 0 Å². The van der Waals surface area contributed by atoms with Crippen LogP contribution >= 0.6 is 0 Å². The van der Waals surface area contributed by atoms with Crippen molar-refractivity contribution in [2.24, 2.45) is 0 Å². The summed E-state index contributed by atoms with van der Waals surface area (Å²) in [5.74, 6) is -0.323. The van der Waals surface area contributed by atoms with Crippen molar-refractivity contribution in [2.75, 3.05) is 18.5 Å². The number of carbonyl (C=O) groups is 2. The highest BCUT2D eigenvalue weighted by molar-refractivity contribution is 6.02. The molecule has 0 radical (unpaired) electrons. The van der Waals surface area contributed by atoms with Gasteiger partial charge in [-0.1, -0.05) is 12.1 Å². The molecule has 3 heterocycles. The number of nitrogens with one attached hydrogen (secondary N) is 1. The highest BCUT2D eigenvalue weighted by Crippen LogP contribution is 2.26. The summed E-state index contributed by atoms with van der Waals surface area (Å²) in [5, 5.41) is 13.7. The number of hydrogen-bond acceptors (Lipinski definition) is 6. The van der Waals surface area contributed by atoms with Crippen LogP contribution in [0.1, 0.15) is 27.8 Å². The first-order chi connectivity index (χ1) is 14.6. The van der Waals surface area contributed by atoms with Crippen molar-refractivity contribution in [1.29, 1.82) is 0 Å². The zero-order chi connectivity index (χ0) is 20.9. The van der Waals surface area contributed by atoms with Gasteiger partial charge < -0.3 is 24.5 Å². The van der Waals surface area contributed by atoms with Crippen molar-refractivity contribution >= 4 is 17.5 Å². The Kier molecular flexibility index (Phi) is 5.87. The molecule has 2 atom stereocenters. The monoisotopic (exact) mass is 407 g/mol. The highest BCUT2D eigenvalue weighted by atomic mass is 16.5. The number of anilines is 1. The number of nitrogens with zero attached hydrogens (tertiary/aromatic N) is 2. The zero-order valence-corrected chi connectivity index (χ0v) is 16.1. The summed E-state index contributed by atoms with van der Waals surface area (Å²) in [6, 6.07) is 13.2. The molecule has 0 bridgehead atoms. The molecular weight excluding hydrogens is 386 g/mol. The normalized spacial score (nSPS) is 17.6. The number of aromatic nitrogens is 1. The Morgan fingerprint density at radius 2 is 1.97 bits per heavy atom. The second kappa shape index (κ2) is 8.89. The Bertz CT molecular complexity index is 989. The van der Waals surface area contributed by atoms with E-state index in [9.17, 15) is 14.7 Å². The predicted molar refractivity (Wildman–Crippen MR) is 107 cm³/mol. The van der Waals surface area contributed by atoms with Gasteiger partial charge in [-0.3, -0.25) is 14.6 Å². The Morgan fingerprint density at radius 3 is 2.67 bits per heavy atom. The predicted octanol–water partition coefficient (Wildman–Crippen LogP) is 2.39. The molecule has 1 fully saturated rings. The van der Waals surface area contributed by atoms with Crippen LogP contribution in [0.4, 0.5) is 5.69 Å². The summed E-state index contributed by atoms with van der Waals surface area (Å²) >= 11 is 0. The van der Waals surface area contributed by atoms with Gasteiger partial charge in [0.15, 0.2) is 5.76 Å². The van der Waals surface area contributed by atoms with E-state index in [4.69, 9.17) is 9.15 Å². The average molecular weight is 407 g/mol. The number of aliphatic hydroxyl groups is 1. The third-order valence-electron chi connectivity index (χ3n) is 4.96. The molecule has 0 saturated carbocycles. The van der Waals surface area contributed by atoms with E-state index in [0.717, 1.165) is 5.56 Å². The van der Waals surface area contributed by atoms with Crippen molar-refractivity contribution in [3.63, 3.8) is 0 Å². The molecule has 4 rings (SSSR count). The zero-order valence-electron chi connectivity index (χ0n) is 16.1. The molecular formula is C22H21N3O5. The van der Waals surface area contributed by atoms with Crippen LogP contribution in [0, 0.1) is 0 Å². The second-order valence-corrected chi connectivity index (χ2v) is 6.96. The van der Waals surface area contributed by atoms with E-state index in [1.54, 1.807) is 53.7 Å². The molecule has 2 N–H and O–H groups in total. The second-order valence-electron chi connectivity index (χ2n) is 6.96. The lowest BCUT2D eigenvalue weighted by Crippen LogP contribution is -2.51. The number of morpholine rings is 1. The Morgan fingerprint density at radius 1 is 1.20 bits per heavy atom. The molecule has 1 aliphatic rings. The van der Waals surface area contributed by atoms with Gasteiger partial charge in [0.25, 0.3) is 5.91 Å². The SMILES string of the molecule is O=C(Nc1ccc(C(O)C2COCC(=O)N2Cc2ccncc2)cc1)c1ccco1. The summed E-state index contributed by atoms with van der Waals surface area (Å²) < 4.78 is 10.5. The van der Waals surface area contributed by atoms with E-state index in [0.29, 0.717) is 17.8 Å². The van der Waals surface area contributed by atoms with Gasteiger partial charge >= 0.3 is 0 Å². The van der Waals surface area contributed by atoms with E-state index in [1.165, 1.54) is 6.26 Å². The molecule has 0 aliphatic carbocycles. The molecule has 0 spiro atoms. The van der Waals surface area contributed by atoms with Gasteiger partial charge in [-0.05, 0) is 47.5 Å². The maximum atomic E-state index is 12.5. The van der Waals surface area contributed by atoms with Crippen LogP contribution in [0.5, 0.6) is 0 Å². The summed E-state index contributed by atoms with van der Waals surface area (Å²) in [6.07, 6.45) is 3.83. The largest absolute Gasteiger partial charge is 0.459 e. The Balaban J connectivity index is 1.47. The van der Waals surface area contributed by atoms with Gasteiger partial charge in [0, 0.05) is 24.6 Å². The van der Waals surface area contributed by atoms with Crippen molar-refractivity contribution in [2.45, 2.75) is 18.7 Å². The molecule has 1 saturated heterocycles. The lowest BCUT2D eigenvalue weighted by molar-refractivity contribution is -0.155. The minimum Gasteiger partial charge on any atom is -0.459 e. The fourth-order valence-corrected chi connectivity index (χ4v) is 3.36. The van der Waals surface area contributed by atoms with Crippen LogP contribution in [0.3, 0.4) is 0 Å². The highest BCUT2D eigenvalue weighted by Gasteiger charge is 2.34. The lowest BCUT2D eigenvalue weighted by atomic mass is 9.99. The van der Waals surface area contributed by atoms with Gasteiger partial charge in [-0.2, -0.15) is 0 Å². The smallest absolute Gasteiger partial charge is 0.291 e. The van der Waals surface area contributed by atoms with E-state index in [-0.39, 0.29) is 30.8 Å². The number of benzene rings is 1. The maximum Gasteiger partial charge on any atom is 0.291 e. The van der Waals surface area contributed by atoms with E-state index in [1.807, 2.05) is 12.1 Å². The third-order valence-corrected chi connectivity index (χ3v) is 4.96. The first-order valence-electron chi connectivity index (χ1n) is 9.51. The molecule has 3 aromatic rings. The fourth-order valence-electron chi connectivity index (χ4n) is 3.36. The fraction of sp³-hybridized carbons (Fsp3) is 0.227. The summed E-state index contributed by atoms with van der Waals surface area (Å²) in [4.78, 5) is 30.2. The molecule has 2 amide bonds. The molecule has 2 unspecified atom stereocenters. The average Bonchev–Trinajstić information content (AvgIpc) is 3.31. The molecule has 30 heavy (non-hydrogen) atoms. The number of rotatable bonds is 6. The number of furan rings is 1. The quantitative estimate of drug-likeness (QED) is 0.650. The number of hydrogen-bond donors (Lipinski definition) is 2. The first-order valence-corrected chi connectivity index (χ1v) is 9.51.